The van der Waals surface area contributed by atoms with E-state index in [1.54, 1.807) is 12.4 Å². The van der Waals surface area contributed by atoms with Crippen LogP contribution in [0.15, 0.2) is 42.5 Å². The van der Waals surface area contributed by atoms with Crippen molar-refractivity contribution in [1.29, 1.82) is 0 Å². The first-order valence-corrected chi connectivity index (χ1v) is 12.1. The van der Waals surface area contributed by atoms with Gasteiger partial charge in [-0.1, -0.05) is 18.2 Å². The largest absolute Gasteiger partial charge is 1.00 e. The number of thiophene rings is 1. The van der Waals surface area contributed by atoms with Crippen LogP contribution in [0.25, 0.3) is 10.1 Å². The number of benzene rings is 2. The molecule has 3 aliphatic rings. The monoisotopic (exact) mass is 483 g/mol. The number of likely N-dealkylation sites (tertiary alicyclic amines) is 1. The number of hydrogen-bond donors (Lipinski definition) is 1. The van der Waals surface area contributed by atoms with Gasteiger partial charge >= 0.3 is 6.03 Å². The third kappa shape index (κ3) is 3.73. The van der Waals surface area contributed by atoms with Crippen LogP contribution in [0.5, 0.6) is 5.75 Å². The maximum absolute atomic E-state index is 13.1. The summed E-state index contributed by atoms with van der Waals surface area (Å²) in [4.78, 5) is 30.5. The predicted octanol–water partition coefficient (Wildman–Crippen LogP) is 0.346. The van der Waals surface area contributed by atoms with Crippen LogP contribution in [0.3, 0.4) is 0 Å². The molecule has 2 N–H and O–H groups in total. The number of ether oxygens (including phenoxy) is 1. The highest BCUT2D eigenvalue weighted by Gasteiger charge is 2.40. The molecule has 3 heterocycles. The van der Waals surface area contributed by atoms with Crippen molar-refractivity contribution in [3.63, 3.8) is 0 Å². The van der Waals surface area contributed by atoms with Gasteiger partial charge in [0.1, 0.15) is 5.75 Å². The minimum Gasteiger partial charge on any atom is -1.00 e. The number of carbonyl (C=O) groups excluding carboxylic acids is 2. The van der Waals surface area contributed by atoms with E-state index in [9.17, 15) is 9.59 Å². The number of nitrogens with zero attached hydrogens (tertiary/aromatic N) is 2. The number of fused-ring (bicyclic) bond motifs is 6. The Morgan fingerprint density at radius 3 is 2.82 bits per heavy atom. The van der Waals surface area contributed by atoms with Gasteiger partial charge in [0.05, 0.1) is 12.5 Å². The Bertz CT molecular complexity index is 1240. The SMILES string of the molecule is COc1ccc2c(c1)CC[C@H]1CN(CCN3C(=O)[NH2+]c4c(sc5ccccc45)C3=O)C[C@@H]21.[Cl-]. The van der Waals surface area contributed by atoms with E-state index in [1.807, 2.05) is 24.3 Å². The molecular weight excluding hydrogens is 458 g/mol. The third-order valence-electron chi connectivity index (χ3n) is 7.30. The molecule has 6 nitrogen and oxygen atoms in total. The van der Waals surface area contributed by atoms with Crippen molar-refractivity contribution >= 4 is 39.0 Å². The van der Waals surface area contributed by atoms with Crippen LogP contribution in [0.2, 0.25) is 0 Å². The van der Waals surface area contributed by atoms with Gasteiger partial charge in [-0.05, 0) is 54.2 Å². The first-order valence-electron chi connectivity index (χ1n) is 11.2. The van der Waals surface area contributed by atoms with E-state index in [0.717, 1.165) is 47.6 Å². The van der Waals surface area contributed by atoms with Crippen molar-refractivity contribution < 1.29 is 32.0 Å². The average molecular weight is 484 g/mol. The standard InChI is InChI=1S/C25H25N3O3S.ClH/c1-31-17-8-9-18-15(12-17)6-7-16-13-27(14-20(16)18)10-11-28-24(29)23-22(26-25(28)30)19-4-2-3-5-21(19)32-23;/h2-5,8-9,12,16,20H,6-7,10-11,13-14H2,1H3,(H,26,30);1H/t16-,20+;/m0./s1. The van der Waals surface area contributed by atoms with E-state index in [1.165, 1.54) is 33.8 Å². The molecule has 6 rings (SSSR count). The predicted molar refractivity (Wildman–Crippen MR) is 124 cm³/mol. The van der Waals surface area contributed by atoms with Crippen molar-refractivity contribution in [3.8, 4) is 5.75 Å². The van der Waals surface area contributed by atoms with Crippen LogP contribution < -0.4 is 22.5 Å². The zero-order valence-electron chi connectivity index (χ0n) is 18.4. The summed E-state index contributed by atoms with van der Waals surface area (Å²) in [7, 11) is 1.72. The molecule has 172 valence electrons. The number of amides is 3. The highest BCUT2D eigenvalue weighted by molar-refractivity contribution is 7.21. The topological polar surface area (TPSA) is 66.5 Å². The molecule has 0 saturated carbocycles. The summed E-state index contributed by atoms with van der Waals surface area (Å²) >= 11 is 1.48. The van der Waals surface area contributed by atoms with E-state index in [-0.39, 0.29) is 24.3 Å². The summed E-state index contributed by atoms with van der Waals surface area (Å²) in [5.74, 6) is 1.95. The second-order valence-corrected chi connectivity index (χ2v) is 10.1. The minimum absolute atomic E-state index is 0. The van der Waals surface area contributed by atoms with Crippen LogP contribution in [0, 0.1) is 5.92 Å². The number of nitrogens with two attached hydrogens (primary N) is 1. The Hall–Kier alpha value is -2.45. The van der Waals surface area contributed by atoms with Crippen LogP contribution >= 0.6 is 11.3 Å². The zero-order valence-corrected chi connectivity index (χ0v) is 20.0. The van der Waals surface area contributed by atoms with Gasteiger partial charge in [0.15, 0.2) is 10.6 Å². The molecule has 2 aromatic carbocycles. The molecule has 8 heteroatoms. The van der Waals surface area contributed by atoms with Crippen molar-refractivity contribution in [1.82, 2.24) is 9.80 Å². The number of rotatable bonds is 4. The maximum Gasteiger partial charge on any atom is 0.428 e. The molecule has 2 aliphatic heterocycles. The van der Waals surface area contributed by atoms with Crippen LogP contribution in [-0.2, 0) is 6.42 Å². The van der Waals surface area contributed by atoms with Gasteiger partial charge in [0.25, 0.3) is 5.91 Å². The molecule has 33 heavy (non-hydrogen) atoms. The lowest BCUT2D eigenvalue weighted by atomic mass is 9.77. The fourth-order valence-electron chi connectivity index (χ4n) is 5.66. The number of aryl methyl sites for hydroxylation is 1. The van der Waals surface area contributed by atoms with Gasteiger partial charge in [-0.2, -0.15) is 0 Å². The van der Waals surface area contributed by atoms with Gasteiger partial charge in [-0.15, -0.1) is 11.3 Å². The van der Waals surface area contributed by atoms with Gasteiger partial charge < -0.3 is 22.0 Å². The van der Waals surface area contributed by atoms with E-state index < -0.39 is 0 Å². The summed E-state index contributed by atoms with van der Waals surface area (Å²) in [6.07, 6.45) is 2.27. The number of halogens is 1. The Balaban J connectivity index is 0.00000228. The van der Waals surface area contributed by atoms with Crippen LogP contribution in [-0.4, -0.2) is 55.0 Å². The van der Waals surface area contributed by atoms with E-state index >= 15 is 0 Å². The van der Waals surface area contributed by atoms with Crippen molar-refractivity contribution in [2.75, 3.05) is 33.3 Å². The van der Waals surface area contributed by atoms with E-state index in [4.69, 9.17) is 4.74 Å². The van der Waals surface area contributed by atoms with Crippen molar-refractivity contribution in [2.45, 2.75) is 18.8 Å². The Kier molecular flexibility index (Phi) is 5.91. The normalized spacial score (nSPS) is 22.0. The molecule has 0 bridgehead atoms. The lowest BCUT2D eigenvalue weighted by Gasteiger charge is -2.27. The van der Waals surface area contributed by atoms with E-state index in [2.05, 4.69) is 23.1 Å². The molecule has 1 saturated heterocycles. The van der Waals surface area contributed by atoms with Gasteiger partial charge in [-0.25, -0.2) is 15.0 Å². The Morgan fingerprint density at radius 1 is 1.12 bits per heavy atom. The zero-order chi connectivity index (χ0) is 21.8. The second kappa shape index (κ2) is 8.72. The van der Waals surface area contributed by atoms with Gasteiger partial charge in [0.2, 0.25) is 0 Å². The molecule has 3 amide bonds. The molecule has 2 atom stereocenters. The van der Waals surface area contributed by atoms with Gasteiger partial charge in [0, 0.05) is 36.8 Å². The number of urea groups is 1. The maximum atomic E-state index is 13.1. The summed E-state index contributed by atoms with van der Waals surface area (Å²) in [5.41, 5.74) is 3.63. The molecule has 1 fully saturated rings. The summed E-state index contributed by atoms with van der Waals surface area (Å²) in [5, 5.41) is 2.64. The number of methoxy groups -OCH3 is 1. The lowest BCUT2D eigenvalue weighted by Crippen LogP contribution is -3.00. The molecule has 1 aromatic heterocycles. The number of imide groups is 1. The quantitative estimate of drug-likeness (QED) is 0.581. The fourth-order valence-corrected chi connectivity index (χ4v) is 6.79. The lowest BCUT2D eigenvalue weighted by molar-refractivity contribution is -0.471. The van der Waals surface area contributed by atoms with Crippen LogP contribution in [0.4, 0.5) is 10.5 Å². The molecule has 1 aliphatic carbocycles. The number of carbonyl (C=O) groups is 2. The number of quaternary nitrogens is 1. The Labute approximate surface area is 202 Å². The van der Waals surface area contributed by atoms with Crippen molar-refractivity contribution in [3.05, 3.63) is 58.5 Å². The summed E-state index contributed by atoms with van der Waals surface area (Å²) < 4.78 is 6.45. The first kappa shape index (κ1) is 22.3. The number of hydrogen-bond acceptors (Lipinski definition) is 5. The molecular formula is C25H26ClN3O3S. The fraction of sp³-hybridized carbons (Fsp3) is 0.360. The summed E-state index contributed by atoms with van der Waals surface area (Å²) in [6.45, 7) is 3.18. The minimum atomic E-state index is -0.194. The second-order valence-electron chi connectivity index (χ2n) is 9.01. The highest BCUT2D eigenvalue weighted by Crippen LogP contribution is 2.42. The first-order chi connectivity index (χ1) is 15.6. The Morgan fingerprint density at radius 2 is 1.97 bits per heavy atom. The number of primary amides is 1. The van der Waals surface area contributed by atoms with Gasteiger partial charge in [-0.3, -0.25) is 4.79 Å². The molecule has 0 unspecified atom stereocenters. The highest BCUT2D eigenvalue weighted by atomic mass is 35.5. The molecule has 0 spiro atoms. The molecule has 0 radical (unpaired) electrons. The summed E-state index contributed by atoms with van der Waals surface area (Å²) in [6, 6.07) is 14.2. The van der Waals surface area contributed by atoms with Crippen LogP contribution in [0.1, 0.15) is 33.1 Å². The average Bonchev–Trinajstić information content (AvgIpc) is 3.40. The smallest absolute Gasteiger partial charge is 0.428 e. The van der Waals surface area contributed by atoms with E-state index in [0.29, 0.717) is 23.3 Å². The molecule has 3 aromatic rings. The van der Waals surface area contributed by atoms with Crippen molar-refractivity contribution in [2.24, 2.45) is 5.92 Å². The third-order valence-corrected chi connectivity index (χ3v) is 8.47.